The van der Waals surface area contributed by atoms with E-state index in [9.17, 15) is 8.78 Å². The number of nitrogens with one attached hydrogen (secondary N) is 1. The molecule has 4 heteroatoms. The predicted octanol–water partition coefficient (Wildman–Crippen LogP) is 2.93. The Hall–Kier alpha value is -1.00. The van der Waals surface area contributed by atoms with Crippen LogP contribution in [0.2, 0.25) is 0 Å². The number of hydrogen-bond donors (Lipinski definition) is 1. The van der Waals surface area contributed by atoms with Crippen LogP contribution in [-0.4, -0.2) is 30.1 Å². The minimum Gasteiger partial charge on any atom is -0.310 e. The first-order valence-corrected chi connectivity index (χ1v) is 7.48. The van der Waals surface area contributed by atoms with E-state index in [4.69, 9.17) is 0 Å². The van der Waals surface area contributed by atoms with E-state index in [1.165, 1.54) is 25.0 Å². The Kier molecular flexibility index (Phi) is 3.78. The highest BCUT2D eigenvalue weighted by molar-refractivity contribution is 5.18. The molecule has 1 saturated carbocycles. The molecule has 0 radical (unpaired) electrons. The van der Waals surface area contributed by atoms with Crippen LogP contribution in [0.4, 0.5) is 8.78 Å². The molecule has 1 atom stereocenters. The lowest BCUT2D eigenvalue weighted by molar-refractivity contribution is 0.195. The molecule has 2 aliphatic rings. The Balaban J connectivity index is 1.70. The molecule has 1 heterocycles. The minimum atomic E-state index is -0.769. The largest absolute Gasteiger partial charge is 0.310 e. The van der Waals surface area contributed by atoms with Gasteiger partial charge in [-0.25, -0.2) is 8.78 Å². The number of benzene rings is 1. The number of nitrogens with zero attached hydrogens (tertiary/aromatic N) is 1. The molecule has 0 amide bonds. The molecule has 1 unspecified atom stereocenters. The molecule has 110 valence electrons. The van der Waals surface area contributed by atoms with E-state index >= 15 is 0 Å². The predicted molar refractivity (Wildman–Crippen MR) is 75.4 cm³/mol. The summed E-state index contributed by atoms with van der Waals surface area (Å²) in [7, 11) is 0. The van der Waals surface area contributed by atoms with Gasteiger partial charge < -0.3 is 5.32 Å². The van der Waals surface area contributed by atoms with Crippen molar-refractivity contribution < 1.29 is 8.78 Å². The van der Waals surface area contributed by atoms with Gasteiger partial charge in [0.15, 0.2) is 11.6 Å². The molecule has 1 aliphatic heterocycles. The lowest BCUT2D eigenvalue weighted by atomic mass is 9.95. The molecule has 3 rings (SSSR count). The molecule has 2 nitrogen and oxygen atoms in total. The second-order valence-electron chi connectivity index (χ2n) is 6.43. The van der Waals surface area contributed by atoms with Crippen LogP contribution >= 0.6 is 0 Å². The van der Waals surface area contributed by atoms with Crippen molar-refractivity contribution in [1.29, 1.82) is 0 Å². The zero-order chi connectivity index (χ0) is 14.2. The number of halogens is 2. The summed E-state index contributed by atoms with van der Waals surface area (Å²) in [6.07, 6.45) is 3.72. The second-order valence-corrected chi connectivity index (χ2v) is 6.43. The summed E-state index contributed by atoms with van der Waals surface area (Å²) in [5, 5.41) is 3.68. The van der Waals surface area contributed by atoms with E-state index < -0.39 is 11.6 Å². The summed E-state index contributed by atoms with van der Waals surface area (Å²) in [4.78, 5) is 2.37. The van der Waals surface area contributed by atoms with Gasteiger partial charge in [-0.1, -0.05) is 6.07 Å². The van der Waals surface area contributed by atoms with Crippen molar-refractivity contribution >= 4 is 0 Å². The summed E-state index contributed by atoms with van der Waals surface area (Å²) in [5.41, 5.74) is 1.03. The zero-order valence-electron chi connectivity index (χ0n) is 12.0. The third-order valence-corrected chi connectivity index (χ3v) is 4.60. The zero-order valence-corrected chi connectivity index (χ0v) is 12.0. The van der Waals surface area contributed by atoms with Gasteiger partial charge in [0.1, 0.15) is 0 Å². The highest BCUT2D eigenvalue weighted by Gasteiger charge is 2.42. The Morgan fingerprint density at radius 2 is 2.10 bits per heavy atom. The first-order valence-electron chi connectivity index (χ1n) is 7.48. The van der Waals surface area contributed by atoms with Crippen molar-refractivity contribution in [2.24, 2.45) is 5.92 Å². The first kappa shape index (κ1) is 14.0. The average molecular weight is 280 g/mol. The molecule has 1 saturated heterocycles. The highest BCUT2D eigenvalue weighted by Crippen LogP contribution is 2.40. The summed E-state index contributed by atoms with van der Waals surface area (Å²) in [5.74, 6) is -0.748. The normalized spacial score (nSPS) is 28.4. The van der Waals surface area contributed by atoms with Gasteiger partial charge in [0.05, 0.1) is 0 Å². The topological polar surface area (TPSA) is 15.3 Å². The van der Waals surface area contributed by atoms with Crippen LogP contribution < -0.4 is 5.32 Å². The van der Waals surface area contributed by atoms with Gasteiger partial charge in [-0.05, 0) is 62.9 Å². The molecule has 20 heavy (non-hydrogen) atoms. The molecule has 0 aromatic heterocycles. The van der Waals surface area contributed by atoms with Crippen molar-refractivity contribution in [1.82, 2.24) is 10.2 Å². The maximum Gasteiger partial charge on any atom is 0.159 e. The van der Waals surface area contributed by atoms with Crippen molar-refractivity contribution in [2.45, 2.75) is 38.3 Å². The SMILES string of the molecule is CC1(C2CC2)CN(Cc2ccc(F)c(F)c2)CCCN1. The van der Waals surface area contributed by atoms with Gasteiger partial charge >= 0.3 is 0 Å². The Morgan fingerprint density at radius 3 is 2.80 bits per heavy atom. The Bertz CT molecular complexity index is 487. The van der Waals surface area contributed by atoms with E-state index in [1.54, 1.807) is 6.07 Å². The maximum absolute atomic E-state index is 13.3. The third kappa shape index (κ3) is 3.01. The van der Waals surface area contributed by atoms with Crippen LogP contribution in [0.25, 0.3) is 0 Å². The number of rotatable bonds is 3. The smallest absolute Gasteiger partial charge is 0.159 e. The molecule has 0 spiro atoms. The second kappa shape index (κ2) is 5.41. The van der Waals surface area contributed by atoms with Gasteiger partial charge in [-0.15, -0.1) is 0 Å². The van der Waals surface area contributed by atoms with Gasteiger partial charge in [0.2, 0.25) is 0 Å². The molecule has 1 N–H and O–H groups in total. The van der Waals surface area contributed by atoms with E-state index in [0.717, 1.165) is 37.5 Å². The fourth-order valence-electron chi connectivity index (χ4n) is 3.30. The fraction of sp³-hybridized carbons (Fsp3) is 0.625. The molecular weight excluding hydrogens is 258 g/mol. The van der Waals surface area contributed by atoms with Crippen LogP contribution in [0.1, 0.15) is 31.7 Å². The molecular formula is C16H22F2N2. The fourth-order valence-corrected chi connectivity index (χ4v) is 3.30. The van der Waals surface area contributed by atoms with Gasteiger partial charge in [-0.3, -0.25) is 4.90 Å². The Labute approximate surface area is 119 Å². The monoisotopic (exact) mass is 280 g/mol. The number of hydrogen-bond acceptors (Lipinski definition) is 2. The molecule has 1 aliphatic carbocycles. The average Bonchev–Trinajstić information content (AvgIpc) is 3.22. The van der Waals surface area contributed by atoms with Crippen molar-refractivity contribution in [3.8, 4) is 0 Å². The maximum atomic E-state index is 13.3. The van der Waals surface area contributed by atoms with E-state index in [-0.39, 0.29) is 5.54 Å². The van der Waals surface area contributed by atoms with Crippen LogP contribution in [-0.2, 0) is 6.54 Å². The molecule has 0 bridgehead atoms. The van der Waals surface area contributed by atoms with E-state index in [1.807, 2.05) is 0 Å². The Morgan fingerprint density at radius 1 is 1.30 bits per heavy atom. The van der Waals surface area contributed by atoms with Gasteiger partial charge in [0.25, 0.3) is 0 Å². The third-order valence-electron chi connectivity index (χ3n) is 4.60. The van der Waals surface area contributed by atoms with Crippen LogP contribution in [0.15, 0.2) is 18.2 Å². The molecule has 1 aromatic rings. The summed E-state index contributed by atoms with van der Waals surface area (Å²) in [6.45, 7) is 6.03. The van der Waals surface area contributed by atoms with E-state index in [2.05, 4.69) is 17.1 Å². The summed E-state index contributed by atoms with van der Waals surface area (Å²) < 4.78 is 26.3. The van der Waals surface area contributed by atoms with Crippen LogP contribution in [0.5, 0.6) is 0 Å². The highest BCUT2D eigenvalue weighted by atomic mass is 19.2. The summed E-state index contributed by atoms with van der Waals surface area (Å²) in [6, 6.07) is 4.23. The molecule has 1 aromatic carbocycles. The van der Waals surface area contributed by atoms with Crippen molar-refractivity contribution in [3.63, 3.8) is 0 Å². The lowest BCUT2D eigenvalue weighted by Gasteiger charge is -2.34. The van der Waals surface area contributed by atoms with Gasteiger partial charge in [0, 0.05) is 18.6 Å². The van der Waals surface area contributed by atoms with Crippen molar-refractivity contribution in [3.05, 3.63) is 35.4 Å². The van der Waals surface area contributed by atoms with Gasteiger partial charge in [-0.2, -0.15) is 0 Å². The minimum absolute atomic E-state index is 0.176. The summed E-state index contributed by atoms with van der Waals surface area (Å²) >= 11 is 0. The van der Waals surface area contributed by atoms with Crippen LogP contribution in [0.3, 0.4) is 0 Å². The van der Waals surface area contributed by atoms with Crippen LogP contribution in [0, 0.1) is 17.6 Å². The molecule has 2 fully saturated rings. The standard InChI is InChI=1S/C16H22F2N2/c1-16(13-4-5-13)11-20(8-2-7-19-16)10-12-3-6-14(17)15(18)9-12/h3,6,9,13,19H,2,4-5,7-8,10-11H2,1H3. The quantitative estimate of drug-likeness (QED) is 0.916. The van der Waals surface area contributed by atoms with E-state index in [0.29, 0.717) is 6.54 Å². The first-order chi connectivity index (χ1) is 9.57. The lowest BCUT2D eigenvalue weighted by Crippen LogP contribution is -2.50. The van der Waals surface area contributed by atoms with Crippen molar-refractivity contribution in [2.75, 3.05) is 19.6 Å².